The standard InChI is InChI=1S/C23H39O2/c1-15-5-7-19(8-6-15)20-9-11-21(12-10-20)23(24)25-22-13-16(2)18(4)17(3)14-22/h15-18,20-22H,5-14H2,1-4H3. The minimum absolute atomic E-state index is 0.111. The molecule has 0 aliphatic heterocycles. The molecular weight excluding hydrogens is 308 g/mol. The summed E-state index contributed by atoms with van der Waals surface area (Å²) in [5, 5.41) is 0. The van der Waals surface area contributed by atoms with E-state index < -0.39 is 0 Å². The average Bonchev–Trinajstić information content (AvgIpc) is 2.60. The lowest BCUT2D eigenvalue weighted by molar-refractivity contribution is -0.159. The molecule has 0 aromatic heterocycles. The normalized spacial score (nSPS) is 41.4. The zero-order valence-corrected chi connectivity index (χ0v) is 16.9. The van der Waals surface area contributed by atoms with Crippen molar-refractivity contribution in [2.24, 2.45) is 35.5 Å². The number of carbonyl (C=O) groups excluding carboxylic acids is 1. The molecule has 2 unspecified atom stereocenters. The molecule has 0 N–H and O–H groups in total. The van der Waals surface area contributed by atoms with Gasteiger partial charge in [0.05, 0.1) is 5.92 Å². The summed E-state index contributed by atoms with van der Waals surface area (Å²) < 4.78 is 5.97. The van der Waals surface area contributed by atoms with E-state index in [1.807, 2.05) is 5.92 Å². The maximum absolute atomic E-state index is 12.7. The Morgan fingerprint density at radius 3 is 1.96 bits per heavy atom. The number of esters is 1. The Bertz CT molecular complexity index is 417. The lowest BCUT2D eigenvalue weighted by Crippen LogP contribution is -2.36. The van der Waals surface area contributed by atoms with Crippen LogP contribution in [0.1, 0.15) is 91.9 Å². The third-order valence-corrected chi connectivity index (χ3v) is 7.90. The van der Waals surface area contributed by atoms with Crippen LogP contribution in [0.25, 0.3) is 0 Å². The first kappa shape index (κ1) is 19.2. The van der Waals surface area contributed by atoms with Gasteiger partial charge in [0.15, 0.2) is 0 Å². The second-order valence-electron chi connectivity index (χ2n) is 9.73. The van der Waals surface area contributed by atoms with Crippen LogP contribution in [0.4, 0.5) is 0 Å². The molecule has 0 aromatic rings. The monoisotopic (exact) mass is 347 g/mol. The van der Waals surface area contributed by atoms with E-state index in [2.05, 4.69) is 27.7 Å². The molecule has 3 saturated carbocycles. The molecule has 1 radical (unpaired) electrons. The highest BCUT2D eigenvalue weighted by molar-refractivity contribution is 5.72. The quantitative estimate of drug-likeness (QED) is 0.569. The van der Waals surface area contributed by atoms with Gasteiger partial charge in [-0.25, -0.2) is 0 Å². The highest BCUT2D eigenvalue weighted by Gasteiger charge is 2.36. The van der Waals surface area contributed by atoms with Crippen LogP contribution < -0.4 is 0 Å². The van der Waals surface area contributed by atoms with Crippen molar-refractivity contribution in [2.45, 2.75) is 98.0 Å². The molecule has 3 aliphatic rings. The maximum Gasteiger partial charge on any atom is 0.309 e. The van der Waals surface area contributed by atoms with E-state index in [-0.39, 0.29) is 18.0 Å². The predicted molar refractivity (Wildman–Crippen MR) is 103 cm³/mol. The van der Waals surface area contributed by atoms with E-state index in [0.29, 0.717) is 11.8 Å². The molecule has 2 nitrogen and oxygen atoms in total. The zero-order chi connectivity index (χ0) is 18.0. The number of rotatable bonds is 3. The van der Waals surface area contributed by atoms with Crippen molar-refractivity contribution in [3.8, 4) is 0 Å². The second kappa shape index (κ2) is 8.44. The van der Waals surface area contributed by atoms with E-state index >= 15 is 0 Å². The fraction of sp³-hybridized carbons (Fsp3) is 0.913. The van der Waals surface area contributed by atoms with Gasteiger partial charge < -0.3 is 4.74 Å². The molecule has 2 atom stereocenters. The molecule has 25 heavy (non-hydrogen) atoms. The molecule has 0 amide bonds. The molecule has 3 fully saturated rings. The highest BCUT2D eigenvalue weighted by Crippen LogP contribution is 2.43. The van der Waals surface area contributed by atoms with Crippen molar-refractivity contribution in [1.82, 2.24) is 0 Å². The SMILES string of the molecule is CC1CC[C](C2CCC(C(=O)OC3CC(C)C(C)C(C)C3)CC2)CC1. The molecule has 0 bridgehead atoms. The third-order valence-electron chi connectivity index (χ3n) is 7.90. The van der Waals surface area contributed by atoms with Crippen molar-refractivity contribution in [2.75, 3.05) is 0 Å². The molecular formula is C23H39O2. The second-order valence-corrected chi connectivity index (χ2v) is 9.73. The van der Waals surface area contributed by atoms with Crippen LogP contribution in [0.3, 0.4) is 0 Å². The van der Waals surface area contributed by atoms with Gasteiger partial charge in [-0.3, -0.25) is 4.79 Å². The zero-order valence-electron chi connectivity index (χ0n) is 16.9. The first-order valence-electron chi connectivity index (χ1n) is 11.0. The van der Waals surface area contributed by atoms with E-state index in [1.165, 1.54) is 38.5 Å². The van der Waals surface area contributed by atoms with Crippen LogP contribution in [0.15, 0.2) is 0 Å². The Balaban J connectivity index is 1.42. The summed E-state index contributed by atoms with van der Waals surface area (Å²) >= 11 is 0. The van der Waals surface area contributed by atoms with E-state index in [1.54, 1.807) is 0 Å². The number of ether oxygens (including phenoxy) is 1. The predicted octanol–water partition coefficient (Wildman–Crippen LogP) is 6.19. The van der Waals surface area contributed by atoms with Crippen molar-refractivity contribution in [1.29, 1.82) is 0 Å². The Labute approximate surface area is 155 Å². The fourth-order valence-electron chi connectivity index (χ4n) is 5.55. The Hall–Kier alpha value is -0.530. The number of hydrogen-bond acceptors (Lipinski definition) is 2. The summed E-state index contributed by atoms with van der Waals surface area (Å²) in [6.07, 6.45) is 12.3. The van der Waals surface area contributed by atoms with Crippen molar-refractivity contribution >= 4 is 5.97 Å². The maximum atomic E-state index is 12.7. The molecule has 2 heteroatoms. The van der Waals surface area contributed by atoms with Crippen LogP contribution >= 0.6 is 0 Å². The summed E-state index contributed by atoms with van der Waals surface area (Å²) in [5.41, 5.74) is 0. The van der Waals surface area contributed by atoms with Gasteiger partial charge in [0, 0.05) is 0 Å². The largest absolute Gasteiger partial charge is 0.462 e. The van der Waals surface area contributed by atoms with E-state index in [0.717, 1.165) is 43.4 Å². The molecule has 0 aromatic carbocycles. The lowest BCUT2D eigenvalue weighted by atomic mass is 9.69. The molecule has 143 valence electrons. The average molecular weight is 348 g/mol. The Morgan fingerprint density at radius 1 is 0.840 bits per heavy atom. The minimum Gasteiger partial charge on any atom is -0.462 e. The molecule has 0 heterocycles. The fourth-order valence-corrected chi connectivity index (χ4v) is 5.55. The van der Waals surface area contributed by atoms with Gasteiger partial charge in [0.25, 0.3) is 0 Å². The highest BCUT2D eigenvalue weighted by atomic mass is 16.5. The summed E-state index contributed by atoms with van der Waals surface area (Å²) in [4.78, 5) is 12.7. The minimum atomic E-state index is 0.111. The van der Waals surface area contributed by atoms with Crippen LogP contribution in [0.5, 0.6) is 0 Å². The van der Waals surface area contributed by atoms with E-state index in [4.69, 9.17) is 4.74 Å². The lowest BCUT2D eigenvalue weighted by Gasteiger charge is -2.38. The molecule has 0 spiro atoms. The Kier molecular flexibility index (Phi) is 6.49. The van der Waals surface area contributed by atoms with Crippen LogP contribution in [-0.2, 0) is 9.53 Å². The van der Waals surface area contributed by atoms with Crippen LogP contribution in [-0.4, -0.2) is 12.1 Å². The first-order chi connectivity index (χ1) is 11.9. The first-order valence-corrected chi connectivity index (χ1v) is 11.0. The summed E-state index contributed by atoms with van der Waals surface area (Å²) in [7, 11) is 0. The summed E-state index contributed by atoms with van der Waals surface area (Å²) in [6, 6.07) is 0. The number of hydrogen-bond donors (Lipinski definition) is 0. The molecule has 0 saturated heterocycles. The number of carbonyl (C=O) groups is 1. The summed E-state index contributed by atoms with van der Waals surface area (Å²) in [6.45, 7) is 9.36. The van der Waals surface area contributed by atoms with Crippen LogP contribution in [0, 0.1) is 41.4 Å². The molecule has 3 aliphatic carbocycles. The van der Waals surface area contributed by atoms with E-state index in [9.17, 15) is 4.79 Å². The van der Waals surface area contributed by atoms with Gasteiger partial charge in [-0.05, 0) is 86.9 Å². The third kappa shape index (κ3) is 4.80. The van der Waals surface area contributed by atoms with Gasteiger partial charge >= 0.3 is 5.97 Å². The van der Waals surface area contributed by atoms with Crippen molar-refractivity contribution in [3.05, 3.63) is 5.92 Å². The van der Waals surface area contributed by atoms with Gasteiger partial charge in [-0.2, -0.15) is 0 Å². The van der Waals surface area contributed by atoms with Gasteiger partial charge in [0.2, 0.25) is 0 Å². The van der Waals surface area contributed by atoms with Gasteiger partial charge in [-0.1, -0.05) is 40.5 Å². The molecule has 3 rings (SSSR count). The van der Waals surface area contributed by atoms with Crippen LogP contribution in [0.2, 0.25) is 0 Å². The summed E-state index contributed by atoms with van der Waals surface area (Å²) in [5.74, 6) is 5.90. The van der Waals surface area contributed by atoms with Gasteiger partial charge in [0.1, 0.15) is 6.10 Å². The van der Waals surface area contributed by atoms with Crippen molar-refractivity contribution in [3.63, 3.8) is 0 Å². The van der Waals surface area contributed by atoms with Crippen molar-refractivity contribution < 1.29 is 9.53 Å². The van der Waals surface area contributed by atoms with Gasteiger partial charge in [-0.15, -0.1) is 0 Å². The smallest absolute Gasteiger partial charge is 0.309 e. The Morgan fingerprint density at radius 2 is 1.40 bits per heavy atom. The topological polar surface area (TPSA) is 26.3 Å².